The molecule has 0 heterocycles. The molecule has 1 aromatic rings. The molecular weight excluding hydrogens is 598 g/mol. The molecule has 2 atom stereocenters. The standard InChI is InChI=1S/C29H45F4NO8S/c1-18(40-16-28(4,5)37-8)10-12-39-26(36)34-21(15-43-13-11-27(2,3)41-17-29(6,7)38-9)25(35)42-24-22(32)19(30)14-20(31)23(24)33/h14,18,21H,10-13,15-17H2,1-9H3,(H,34,36). The minimum absolute atomic E-state index is 0.0104. The Morgan fingerprint density at radius 1 is 0.907 bits per heavy atom. The molecule has 0 aliphatic carbocycles. The third-order valence-corrected chi connectivity index (χ3v) is 7.43. The summed E-state index contributed by atoms with van der Waals surface area (Å²) in [5.41, 5.74) is -1.55. The Morgan fingerprint density at radius 2 is 1.47 bits per heavy atom. The largest absolute Gasteiger partial charge is 0.449 e. The van der Waals surface area contributed by atoms with E-state index in [0.29, 0.717) is 31.8 Å². The second-order valence-electron chi connectivity index (χ2n) is 11.8. The van der Waals surface area contributed by atoms with Gasteiger partial charge in [-0.2, -0.15) is 20.5 Å². The van der Waals surface area contributed by atoms with Gasteiger partial charge in [-0.25, -0.2) is 18.4 Å². The fourth-order valence-corrected chi connectivity index (χ4v) is 4.25. The van der Waals surface area contributed by atoms with Crippen LogP contribution >= 0.6 is 11.8 Å². The van der Waals surface area contributed by atoms with Crippen LogP contribution in [0.1, 0.15) is 61.3 Å². The van der Waals surface area contributed by atoms with Crippen molar-refractivity contribution < 1.29 is 55.6 Å². The van der Waals surface area contributed by atoms with Crippen LogP contribution in [-0.2, 0) is 28.5 Å². The lowest BCUT2D eigenvalue weighted by molar-refractivity contribution is -0.136. The van der Waals surface area contributed by atoms with Crippen LogP contribution in [0.15, 0.2) is 6.07 Å². The molecule has 1 aromatic carbocycles. The van der Waals surface area contributed by atoms with E-state index in [4.69, 9.17) is 23.7 Å². The summed E-state index contributed by atoms with van der Waals surface area (Å²) in [5.74, 6) is -9.82. The highest BCUT2D eigenvalue weighted by molar-refractivity contribution is 7.99. The number of thioether (sulfide) groups is 1. The number of esters is 1. The number of amides is 1. The van der Waals surface area contributed by atoms with E-state index in [9.17, 15) is 27.2 Å². The molecule has 0 saturated carbocycles. The maximum absolute atomic E-state index is 14.1. The van der Waals surface area contributed by atoms with Crippen LogP contribution in [0, 0.1) is 23.3 Å². The minimum Gasteiger partial charge on any atom is -0.449 e. The summed E-state index contributed by atoms with van der Waals surface area (Å²) >= 11 is 1.21. The number of nitrogens with one attached hydrogen (secondary N) is 1. The van der Waals surface area contributed by atoms with Crippen LogP contribution in [0.4, 0.5) is 22.4 Å². The molecule has 0 aromatic heterocycles. The SMILES string of the molecule is COC(C)(C)COC(C)CCOC(=O)NC(CSCCC(C)(C)OCC(C)(C)OC)C(=O)Oc1c(F)c(F)cc(F)c1F. The van der Waals surface area contributed by atoms with Gasteiger partial charge in [-0.15, -0.1) is 0 Å². The lowest BCUT2D eigenvalue weighted by Gasteiger charge is -2.31. The highest BCUT2D eigenvalue weighted by atomic mass is 32.2. The Labute approximate surface area is 255 Å². The van der Waals surface area contributed by atoms with E-state index in [-0.39, 0.29) is 24.5 Å². The molecule has 0 aliphatic rings. The molecule has 0 radical (unpaired) electrons. The highest BCUT2D eigenvalue weighted by Crippen LogP contribution is 2.27. The quantitative estimate of drug-likeness (QED) is 0.0659. The van der Waals surface area contributed by atoms with E-state index < -0.39 is 63.9 Å². The van der Waals surface area contributed by atoms with Gasteiger partial charge < -0.3 is 33.7 Å². The fraction of sp³-hybridized carbons (Fsp3) is 0.724. The first kappa shape index (κ1) is 38.9. The predicted molar refractivity (Wildman–Crippen MR) is 154 cm³/mol. The summed E-state index contributed by atoms with van der Waals surface area (Å²) in [6.45, 7) is 13.6. The molecule has 0 spiro atoms. The number of rotatable bonds is 19. The molecule has 0 saturated heterocycles. The zero-order valence-electron chi connectivity index (χ0n) is 26.4. The van der Waals surface area contributed by atoms with Gasteiger partial charge in [0.1, 0.15) is 6.04 Å². The Morgan fingerprint density at radius 3 is 2.02 bits per heavy atom. The molecule has 43 heavy (non-hydrogen) atoms. The van der Waals surface area contributed by atoms with Gasteiger partial charge in [0.2, 0.25) is 17.4 Å². The van der Waals surface area contributed by atoms with E-state index in [1.807, 2.05) is 41.5 Å². The first-order valence-corrected chi connectivity index (χ1v) is 14.9. The van der Waals surface area contributed by atoms with Crippen LogP contribution in [-0.4, -0.2) is 86.6 Å². The van der Waals surface area contributed by atoms with Crippen molar-refractivity contribution in [2.24, 2.45) is 0 Å². The number of hydrogen-bond donors (Lipinski definition) is 1. The first-order chi connectivity index (χ1) is 19.8. The number of carbonyl (C=O) groups is 2. The van der Waals surface area contributed by atoms with Crippen molar-refractivity contribution in [2.75, 3.05) is 45.5 Å². The van der Waals surface area contributed by atoms with Crippen LogP contribution in [0.3, 0.4) is 0 Å². The van der Waals surface area contributed by atoms with Crippen molar-refractivity contribution in [1.82, 2.24) is 5.32 Å². The van der Waals surface area contributed by atoms with Gasteiger partial charge in [0, 0.05) is 32.5 Å². The highest BCUT2D eigenvalue weighted by Gasteiger charge is 2.30. The number of methoxy groups -OCH3 is 2. The maximum Gasteiger partial charge on any atom is 0.407 e. The molecule has 0 fully saturated rings. The van der Waals surface area contributed by atoms with Crippen LogP contribution in [0.5, 0.6) is 5.75 Å². The summed E-state index contributed by atoms with van der Waals surface area (Å²) < 4.78 is 87.6. The molecule has 2 unspecified atom stereocenters. The Bertz CT molecular complexity index is 1030. The number of alkyl carbamates (subject to hydrolysis) is 1. The summed E-state index contributed by atoms with van der Waals surface area (Å²) in [6.07, 6.45) is -0.443. The second kappa shape index (κ2) is 17.4. The van der Waals surface area contributed by atoms with Crippen molar-refractivity contribution in [3.63, 3.8) is 0 Å². The number of carbonyl (C=O) groups excluding carboxylic acids is 2. The van der Waals surface area contributed by atoms with E-state index in [1.54, 1.807) is 21.1 Å². The van der Waals surface area contributed by atoms with Gasteiger partial charge in [0.15, 0.2) is 11.6 Å². The number of halogens is 4. The maximum atomic E-state index is 14.1. The number of benzene rings is 1. The summed E-state index contributed by atoms with van der Waals surface area (Å²) in [7, 11) is 3.14. The van der Waals surface area contributed by atoms with Crippen molar-refractivity contribution in [1.29, 1.82) is 0 Å². The van der Waals surface area contributed by atoms with Gasteiger partial charge in [0.25, 0.3) is 0 Å². The van der Waals surface area contributed by atoms with E-state index in [1.165, 1.54) is 11.8 Å². The second-order valence-corrected chi connectivity index (χ2v) is 12.9. The molecule has 1 rings (SSSR count). The summed E-state index contributed by atoms with van der Waals surface area (Å²) in [6, 6.07) is -1.49. The smallest absolute Gasteiger partial charge is 0.407 e. The molecule has 14 heteroatoms. The average Bonchev–Trinajstić information content (AvgIpc) is 2.93. The third-order valence-electron chi connectivity index (χ3n) is 6.37. The molecule has 0 bridgehead atoms. The number of ether oxygens (including phenoxy) is 6. The third kappa shape index (κ3) is 14.5. The zero-order valence-corrected chi connectivity index (χ0v) is 27.2. The van der Waals surface area contributed by atoms with Crippen LogP contribution < -0.4 is 10.1 Å². The summed E-state index contributed by atoms with van der Waals surface area (Å²) in [4.78, 5) is 25.3. The molecule has 9 nitrogen and oxygen atoms in total. The van der Waals surface area contributed by atoms with Crippen LogP contribution in [0.25, 0.3) is 0 Å². The number of hydrogen-bond acceptors (Lipinski definition) is 9. The van der Waals surface area contributed by atoms with Crippen LogP contribution in [0.2, 0.25) is 0 Å². The minimum atomic E-state index is -1.88. The van der Waals surface area contributed by atoms with E-state index >= 15 is 0 Å². The van der Waals surface area contributed by atoms with Gasteiger partial charge in [-0.05, 0) is 60.6 Å². The fourth-order valence-electron chi connectivity index (χ4n) is 2.99. The topological polar surface area (TPSA) is 102 Å². The molecule has 1 amide bonds. The molecule has 1 N–H and O–H groups in total. The van der Waals surface area contributed by atoms with Crippen molar-refractivity contribution in [3.05, 3.63) is 29.3 Å². The predicted octanol–water partition coefficient (Wildman–Crippen LogP) is 5.81. The van der Waals surface area contributed by atoms with Gasteiger partial charge in [0.05, 0.1) is 42.7 Å². The van der Waals surface area contributed by atoms with E-state index in [2.05, 4.69) is 10.1 Å². The Balaban J connectivity index is 2.84. The van der Waals surface area contributed by atoms with Gasteiger partial charge >= 0.3 is 12.1 Å². The summed E-state index contributed by atoms with van der Waals surface area (Å²) in [5, 5.41) is 2.30. The Hall–Kier alpha value is -2.13. The van der Waals surface area contributed by atoms with Crippen molar-refractivity contribution in [3.8, 4) is 5.75 Å². The van der Waals surface area contributed by atoms with Gasteiger partial charge in [-0.3, -0.25) is 0 Å². The molecular formula is C29H45F4NO8S. The lowest BCUT2D eigenvalue weighted by atomic mass is 10.1. The van der Waals surface area contributed by atoms with Crippen molar-refractivity contribution in [2.45, 2.75) is 90.3 Å². The van der Waals surface area contributed by atoms with Gasteiger partial charge in [-0.1, -0.05) is 0 Å². The van der Waals surface area contributed by atoms with E-state index in [0.717, 1.165) is 0 Å². The molecule has 0 aliphatic heterocycles. The zero-order chi connectivity index (χ0) is 33.0. The monoisotopic (exact) mass is 643 g/mol. The lowest BCUT2D eigenvalue weighted by Crippen LogP contribution is -2.45. The van der Waals surface area contributed by atoms with Crippen molar-refractivity contribution >= 4 is 23.8 Å². The average molecular weight is 644 g/mol. The first-order valence-electron chi connectivity index (χ1n) is 13.7. The molecule has 248 valence electrons. The Kier molecular flexibility index (Phi) is 15.7. The normalized spacial score (nSPS) is 13.9.